The van der Waals surface area contributed by atoms with Crippen LogP contribution < -0.4 is 5.32 Å². The average molecular weight is 405 g/mol. The van der Waals surface area contributed by atoms with Crippen molar-refractivity contribution in [1.82, 2.24) is 15.1 Å². The van der Waals surface area contributed by atoms with E-state index in [9.17, 15) is 14.4 Å². The molecule has 0 bridgehead atoms. The number of nitrogens with one attached hydrogen (secondary N) is 1. The minimum Gasteiger partial charge on any atom is -0.332 e. The van der Waals surface area contributed by atoms with Crippen molar-refractivity contribution in [3.8, 4) is 0 Å². The van der Waals surface area contributed by atoms with Gasteiger partial charge in [-0.15, -0.1) is 0 Å². The van der Waals surface area contributed by atoms with Gasteiger partial charge >= 0.3 is 6.03 Å². The molecule has 0 radical (unpaired) electrons. The van der Waals surface area contributed by atoms with Crippen LogP contribution in [-0.2, 0) is 22.7 Å². The first kappa shape index (κ1) is 20.1. The van der Waals surface area contributed by atoms with Crippen molar-refractivity contribution in [2.75, 3.05) is 0 Å². The molecule has 1 heterocycles. The monoisotopic (exact) mass is 405 g/mol. The van der Waals surface area contributed by atoms with Crippen molar-refractivity contribution in [3.05, 3.63) is 71.8 Å². The number of nitrogens with zero attached hydrogens (tertiary/aromatic N) is 2. The molecule has 1 saturated heterocycles. The van der Waals surface area contributed by atoms with Crippen molar-refractivity contribution in [2.45, 2.75) is 57.3 Å². The van der Waals surface area contributed by atoms with E-state index in [2.05, 4.69) is 5.32 Å². The zero-order chi connectivity index (χ0) is 21.1. The third kappa shape index (κ3) is 3.82. The van der Waals surface area contributed by atoms with Gasteiger partial charge in [-0.1, -0.05) is 73.5 Å². The molecule has 6 heteroatoms. The first-order valence-electron chi connectivity index (χ1n) is 10.5. The zero-order valence-electron chi connectivity index (χ0n) is 17.2. The fourth-order valence-corrected chi connectivity index (χ4v) is 4.50. The maximum absolute atomic E-state index is 13.5. The molecule has 2 aromatic carbocycles. The molecule has 2 fully saturated rings. The molecule has 2 aliphatic rings. The molecule has 1 aliphatic heterocycles. The lowest BCUT2D eigenvalue weighted by Crippen LogP contribution is -2.50. The molecule has 1 spiro atoms. The van der Waals surface area contributed by atoms with Crippen LogP contribution in [-0.4, -0.2) is 39.2 Å². The van der Waals surface area contributed by atoms with E-state index >= 15 is 0 Å². The summed E-state index contributed by atoms with van der Waals surface area (Å²) in [6.07, 6.45) is 3.12. The second-order valence-electron chi connectivity index (χ2n) is 8.24. The second-order valence-corrected chi connectivity index (χ2v) is 8.24. The van der Waals surface area contributed by atoms with Gasteiger partial charge in [0.15, 0.2) is 0 Å². The number of hydrogen-bond donors (Lipinski definition) is 1. The van der Waals surface area contributed by atoms with Crippen LogP contribution in [0, 0.1) is 0 Å². The molecular weight excluding hydrogens is 378 g/mol. The van der Waals surface area contributed by atoms with Crippen molar-refractivity contribution in [2.24, 2.45) is 0 Å². The Morgan fingerprint density at radius 1 is 0.967 bits per heavy atom. The summed E-state index contributed by atoms with van der Waals surface area (Å²) in [5.41, 5.74) is 1.19. The Bertz CT molecular complexity index is 882. The molecule has 1 saturated carbocycles. The van der Waals surface area contributed by atoms with Gasteiger partial charge < -0.3 is 10.2 Å². The molecule has 1 atom stereocenters. The third-order valence-corrected chi connectivity index (χ3v) is 6.14. The highest BCUT2D eigenvalue weighted by atomic mass is 16.2. The largest absolute Gasteiger partial charge is 0.332 e. The number of hydrogen-bond acceptors (Lipinski definition) is 3. The summed E-state index contributed by atoms with van der Waals surface area (Å²) >= 11 is 0. The number of carbonyl (C=O) groups is 3. The molecule has 0 aromatic heterocycles. The number of imide groups is 1. The van der Waals surface area contributed by atoms with Crippen LogP contribution in [0.3, 0.4) is 0 Å². The van der Waals surface area contributed by atoms with E-state index in [-0.39, 0.29) is 11.8 Å². The van der Waals surface area contributed by atoms with E-state index in [0.29, 0.717) is 25.9 Å². The topological polar surface area (TPSA) is 69.7 Å². The minimum absolute atomic E-state index is 0.235. The Morgan fingerprint density at radius 3 is 1.97 bits per heavy atom. The average Bonchev–Trinajstić information content (AvgIpc) is 3.32. The molecule has 156 valence electrons. The van der Waals surface area contributed by atoms with Gasteiger partial charge in [-0.2, -0.15) is 0 Å². The highest BCUT2D eigenvalue weighted by molar-refractivity contribution is 6.09. The van der Waals surface area contributed by atoms with Crippen LogP contribution in [0.1, 0.15) is 43.7 Å². The van der Waals surface area contributed by atoms with Gasteiger partial charge in [0.05, 0.1) is 0 Å². The van der Waals surface area contributed by atoms with Gasteiger partial charge in [0.25, 0.3) is 5.91 Å². The maximum Gasteiger partial charge on any atom is 0.325 e. The fourth-order valence-electron chi connectivity index (χ4n) is 4.50. The van der Waals surface area contributed by atoms with E-state index in [0.717, 1.165) is 28.9 Å². The number of rotatable bonds is 6. The lowest BCUT2D eigenvalue weighted by molar-refractivity contribution is -0.143. The van der Waals surface area contributed by atoms with E-state index in [1.807, 2.05) is 60.7 Å². The van der Waals surface area contributed by atoms with E-state index in [1.165, 1.54) is 0 Å². The fraction of sp³-hybridized carbons (Fsp3) is 0.375. The summed E-state index contributed by atoms with van der Waals surface area (Å²) in [5, 5.41) is 2.87. The summed E-state index contributed by atoms with van der Waals surface area (Å²) in [7, 11) is 0. The van der Waals surface area contributed by atoms with E-state index in [4.69, 9.17) is 0 Å². The Kier molecular flexibility index (Phi) is 5.57. The highest BCUT2D eigenvalue weighted by Crippen LogP contribution is 2.36. The Balaban J connectivity index is 1.57. The lowest BCUT2D eigenvalue weighted by Gasteiger charge is -2.30. The van der Waals surface area contributed by atoms with Crippen LogP contribution in [0.2, 0.25) is 0 Å². The Hall–Kier alpha value is -3.15. The van der Waals surface area contributed by atoms with Crippen LogP contribution >= 0.6 is 0 Å². The molecule has 2 aromatic rings. The van der Waals surface area contributed by atoms with Gasteiger partial charge in [-0.3, -0.25) is 9.59 Å². The molecule has 1 unspecified atom stereocenters. The van der Waals surface area contributed by atoms with E-state index in [1.54, 1.807) is 11.8 Å². The van der Waals surface area contributed by atoms with Gasteiger partial charge in [-0.05, 0) is 30.9 Å². The molecule has 1 N–H and O–H groups in total. The second kappa shape index (κ2) is 8.30. The standard InChI is InChI=1S/C24H27N3O3/c1-18(27-22(29)24(25-23(27)30)14-8-9-15-24)21(28)26(16-19-10-4-2-5-11-19)17-20-12-6-3-7-13-20/h2-7,10-13,18H,8-9,14-17H2,1H3,(H,25,30). The Morgan fingerprint density at radius 2 is 1.47 bits per heavy atom. The molecule has 6 nitrogen and oxygen atoms in total. The number of carbonyl (C=O) groups excluding carboxylic acids is 3. The Labute approximate surface area is 176 Å². The van der Waals surface area contributed by atoms with Crippen molar-refractivity contribution < 1.29 is 14.4 Å². The number of urea groups is 1. The maximum atomic E-state index is 13.5. The molecule has 1 aliphatic carbocycles. The number of benzene rings is 2. The van der Waals surface area contributed by atoms with Gasteiger partial charge in [0, 0.05) is 13.1 Å². The van der Waals surface area contributed by atoms with Crippen molar-refractivity contribution in [1.29, 1.82) is 0 Å². The summed E-state index contributed by atoms with van der Waals surface area (Å²) < 4.78 is 0. The molecule has 4 amide bonds. The quantitative estimate of drug-likeness (QED) is 0.748. The smallest absolute Gasteiger partial charge is 0.325 e. The van der Waals surface area contributed by atoms with Gasteiger partial charge in [0.1, 0.15) is 11.6 Å². The van der Waals surface area contributed by atoms with Crippen LogP contribution in [0.4, 0.5) is 4.79 Å². The summed E-state index contributed by atoms with van der Waals surface area (Å²) in [5.74, 6) is -0.494. The molecular formula is C24H27N3O3. The minimum atomic E-state index is -0.857. The summed E-state index contributed by atoms with van der Waals surface area (Å²) in [4.78, 5) is 42.1. The summed E-state index contributed by atoms with van der Waals surface area (Å²) in [6, 6.07) is 18.2. The van der Waals surface area contributed by atoms with Gasteiger partial charge in [-0.25, -0.2) is 9.69 Å². The van der Waals surface area contributed by atoms with Crippen LogP contribution in [0.5, 0.6) is 0 Å². The SMILES string of the molecule is CC(C(=O)N(Cc1ccccc1)Cc1ccccc1)N1C(=O)NC2(CCCC2)C1=O. The zero-order valence-corrected chi connectivity index (χ0v) is 17.2. The van der Waals surface area contributed by atoms with Crippen LogP contribution in [0.25, 0.3) is 0 Å². The predicted octanol–water partition coefficient (Wildman–Crippen LogP) is 3.47. The molecule has 4 rings (SSSR count). The highest BCUT2D eigenvalue weighted by Gasteiger charge is 2.54. The van der Waals surface area contributed by atoms with Crippen LogP contribution in [0.15, 0.2) is 60.7 Å². The van der Waals surface area contributed by atoms with E-state index < -0.39 is 17.6 Å². The first-order valence-corrected chi connectivity index (χ1v) is 10.5. The summed E-state index contributed by atoms with van der Waals surface area (Å²) in [6.45, 7) is 2.47. The van der Waals surface area contributed by atoms with Gasteiger partial charge in [0.2, 0.25) is 5.91 Å². The lowest BCUT2D eigenvalue weighted by atomic mass is 9.97. The van der Waals surface area contributed by atoms with Crippen molar-refractivity contribution in [3.63, 3.8) is 0 Å². The normalized spacial score (nSPS) is 18.5. The van der Waals surface area contributed by atoms with Crippen molar-refractivity contribution >= 4 is 17.8 Å². The number of amides is 4. The third-order valence-electron chi connectivity index (χ3n) is 6.14. The first-order chi connectivity index (χ1) is 14.5. The predicted molar refractivity (Wildman–Crippen MR) is 113 cm³/mol. The molecule has 30 heavy (non-hydrogen) atoms.